The van der Waals surface area contributed by atoms with Crippen LogP contribution in [0.2, 0.25) is 0 Å². The molecule has 1 aliphatic carbocycles. The Morgan fingerprint density at radius 1 is 1.39 bits per heavy atom. The molecule has 1 heterocycles. The predicted octanol–water partition coefficient (Wildman–Crippen LogP) is 2.76. The molecule has 18 heavy (non-hydrogen) atoms. The summed E-state index contributed by atoms with van der Waals surface area (Å²) in [5, 5.41) is 3.53. The van der Waals surface area contributed by atoms with Crippen LogP contribution in [-0.2, 0) is 4.79 Å². The van der Waals surface area contributed by atoms with E-state index in [2.05, 4.69) is 37.9 Å². The van der Waals surface area contributed by atoms with Gasteiger partial charge in [0, 0.05) is 6.04 Å². The second-order valence-electron chi connectivity index (χ2n) is 6.37. The lowest BCUT2D eigenvalue weighted by atomic mass is 10.1. The lowest BCUT2D eigenvalue weighted by Crippen LogP contribution is -2.40. The van der Waals surface area contributed by atoms with Crippen molar-refractivity contribution in [2.24, 2.45) is 11.8 Å². The highest BCUT2D eigenvalue weighted by atomic mass is 16.2. The molecule has 0 radical (unpaired) electrons. The zero-order chi connectivity index (χ0) is 13.3. The van der Waals surface area contributed by atoms with Gasteiger partial charge in [0.25, 0.3) is 0 Å². The molecule has 4 unspecified atom stereocenters. The molecule has 1 aliphatic heterocycles. The van der Waals surface area contributed by atoms with Gasteiger partial charge < -0.3 is 4.90 Å². The summed E-state index contributed by atoms with van der Waals surface area (Å²) in [5.41, 5.74) is 0. The summed E-state index contributed by atoms with van der Waals surface area (Å²) < 4.78 is 0. The third kappa shape index (κ3) is 2.71. The first-order chi connectivity index (χ1) is 8.58. The van der Waals surface area contributed by atoms with Gasteiger partial charge in [-0.1, -0.05) is 34.1 Å². The number of nitrogens with zero attached hydrogens (tertiary/aromatic N) is 1. The Morgan fingerprint density at radius 3 is 2.67 bits per heavy atom. The first-order valence-corrected chi connectivity index (χ1v) is 7.66. The molecule has 0 aromatic heterocycles. The van der Waals surface area contributed by atoms with E-state index < -0.39 is 0 Å². The van der Waals surface area contributed by atoms with Crippen LogP contribution in [0.3, 0.4) is 0 Å². The minimum absolute atomic E-state index is 0.0663. The summed E-state index contributed by atoms with van der Waals surface area (Å²) in [5.74, 6) is 1.76. The SMILES string of the molecule is CCCC1CC1N1C(=O)C(CC)NC1CC(C)C. The normalized spacial score (nSPS) is 35.6. The van der Waals surface area contributed by atoms with E-state index >= 15 is 0 Å². The topological polar surface area (TPSA) is 32.3 Å². The third-order valence-electron chi connectivity index (χ3n) is 4.29. The van der Waals surface area contributed by atoms with Gasteiger partial charge in [-0.3, -0.25) is 10.1 Å². The molecule has 1 N–H and O–H groups in total. The van der Waals surface area contributed by atoms with Crippen LogP contribution < -0.4 is 5.32 Å². The van der Waals surface area contributed by atoms with Gasteiger partial charge in [-0.25, -0.2) is 0 Å². The predicted molar refractivity (Wildman–Crippen MR) is 74.1 cm³/mol. The van der Waals surface area contributed by atoms with Crippen LogP contribution >= 0.6 is 0 Å². The van der Waals surface area contributed by atoms with Crippen LogP contribution in [0.1, 0.15) is 59.8 Å². The van der Waals surface area contributed by atoms with E-state index in [1.54, 1.807) is 0 Å². The summed E-state index contributed by atoms with van der Waals surface area (Å²) in [6.45, 7) is 8.81. The molecule has 0 aromatic rings. The van der Waals surface area contributed by atoms with E-state index in [9.17, 15) is 4.79 Å². The molecule has 4 atom stereocenters. The maximum absolute atomic E-state index is 12.4. The van der Waals surface area contributed by atoms with E-state index in [4.69, 9.17) is 0 Å². The van der Waals surface area contributed by atoms with Crippen molar-refractivity contribution in [3.05, 3.63) is 0 Å². The average Bonchev–Trinajstić information content (AvgIpc) is 2.97. The molecule has 0 spiro atoms. The highest BCUT2D eigenvalue weighted by Gasteiger charge is 2.50. The quantitative estimate of drug-likeness (QED) is 0.788. The molecule has 1 saturated heterocycles. The number of nitrogens with one attached hydrogen (secondary N) is 1. The van der Waals surface area contributed by atoms with E-state index in [-0.39, 0.29) is 12.2 Å². The Balaban J connectivity index is 2.02. The Labute approximate surface area is 111 Å². The van der Waals surface area contributed by atoms with Crippen molar-refractivity contribution >= 4 is 5.91 Å². The van der Waals surface area contributed by atoms with Crippen LogP contribution in [0, 0.1) is 11.8 Å². The number of hydrogen-bond acceptors (Lipinski definition) is 2. The summed E-state index contributed by atoms with van der Waals surface area (Å²) in [7, 11) is 0. The molecule has 3 heteroatoms. The first-order valence-electron chi connectivity index (χ1n) is 7.66. The molecule has 2 rings (SSSR count). The van der Waals surface area contributed by atoms with Gasteiger partial charge >= 0.3 is 0 Å². The van der Waals surface area contributed by atoms with Gasteiger partial charge in [-0.05, 0) is 37.5 Å². The second-order valence-corrected chi connectivity index (χ2v) is 6.37. The summed E-state index contributed by atoms with van der Waals surface area (Å²) in [4.78, 5) is 14.6. The minimum atomic E-state index is 0.0663. The number of amides is 1. The fraction of sp³-hybridized carbons (Fsp3) is 0.933. The number of carbonyl (C=O) groups is 1. The molecule has 1 saturated carbocycles. The van der Waals surface area contributed by atoms with Crippen molar-refractivity contribution in [1.29, 1.82) is 0 Å². The van der Waals surface area contributed by atoms with Crippen molar-refractivity contribution in [2.45, 2.75) is 78.0 Å². The smallest absolute Gasteiger partial charge is 0.241 e. The summed E-state index contributed by atoms with van der Waals surface area (Å²) in [6, 6.07) is 0.599. The molecule has 2 fully saturated rings. The third-order valence-corrected chi connectivity index (χ3v) is 4.29. The van der Waals surface area contributed by atoms with Crippen LogP contribution in [0.4, 0.5) is 0 Å². The summed E-state index contributed by atoms with van der Waals surface area (Å²) in [6.07, 6.45) is 6.02. The number of hydrogen-bond donors (Lipinski definition) is 1. The average molecular weight is 252 g/mol. The highest BCUT2D eigenvalue weighted by molar-refractivity contribution is 5.85. The number of carbonyl (C=O) groups excluding carboxylic acids is 1. The van der Waals surface area contributed by atoms with Crippen molar-refractivity contribution in [3.8, 4) is 0 Å². The number of rotatable bonds is 6. The Hall–Kier alpha value is -0.570. The van der Waals surface area contributed by atoms with Gasteiger partial charge in [0.1, 0.15) is 0 Å². The lowest BCUT2D eigenvalue weighted by molar-refractivity contribution is -0.131. The van der Waals surface area contributed by atoms with Crippen molar-refractivity contribution in [1.82, 2.24) is 10.2 Å². The Morgan fingerprint density at radius 2 is 2.11 bits per heavy atom. The largest absolute Gasteiger partial charge is 0.323 e. The molecule has 2 aliphatic rings. The molecular formula is C15H28N2O. The van der Waals surface area contributed by atoms with Gasteiger partial charge in [-0.2, -0.15) is 0 Å². The van der Waals surface area contributed by atoms with E-state index in [1.165, 1.54) is 19.3 Å². The molecule has 0 bridgehead atoms. The van der Waals surface area contributed by atoms with Gasteiger partial charge in [0.15, 0.2) is 0 Å². The highest BCUT2D eigenvalue weighted by Crippen LogP contribution is 2.42. The minimum Gasteiger partial charge on any atom is -0.323 e. The maximum Gasteiger partial charge on any atom is 0.241 e. The van der Waals surface area contributed by atoms with Crippen molar-refractivity contribution < 1.29 is 4.79 Å². The molecule has 3 nitrogen and oxygen atoms in total. The fourth-order valence-corrected chi connectivity index (χ4v) is 3.29. The Kier molecular flexibility index (Phi) is 4.31. The van der Waals surface area contributed by atoms with Gasteiger partial charge in [0.05, 0.1) is 12.2 Å². The van der Waals surface area contributed by atoms with Crippen LogP contribution in [-0.4, -0.2) is 29.1 Å². The second kappa shape index (κ2) is 5.60. The maximum atomic E-state index is 12.4. The zero-order valence-electron chi connectivity index (χ0n) is 12.3. The van der Waals surface area contributed by atoms with Crippen LogP contribution in [0.25, 0.3) is 0 Å². The zero-order valence-corrected chi connectivity index (χ0v) is 12.3. The first kappa shape index (κ1) is 13.9. The lowest BCUT2D eigenvalue weighted by Gasteiger charge is -2.26. The van der Waals surface area contributed by atoms with Crippen molar-refractivity contribution in [2.75, 3.05) is 0 Å². The van der Waals surface area contributed by atoms with Crippen LogP contribution in [0.5, 0.6) is 0 Å². The molecular weight excluding hydrogens is 224 g/mol. The molecule has 1 amide bonds. The molecule has 104 valence electrons. The van der Waals surface area contributed by atoms with Crippen molar-refractivity contribution in [3.63, 3.8) is 0 Å². The monoisotopic (exact) mass is 252 g/mol. The Bertz CT molecular complexity index is 303. The van der Waals surface area contributed by atoms with E-state index in [1.807, 2.05) is 0 Å². The standard InChI is InChI=1S/C15H28N2O/c1-5-7-11-9-13(11)17-14(8-10(3)4)16-12(6-2)15(17)18/h10-14,16H,5-9H2,1-4H3. The molecule has 0 aromatic carbocycles. The summed E-state index contributed by atoms with van der Waals surface area (Å²) >= 11 is 0. The van der Waals surface area contributed by atoms with Gasteiger partial charge in [0.2, 0.25) is 5.91 Å². The van der Waals surface area contributed by atoms with Crippen LogP contribution in [0.15, 0.2) is 0 Å². The van der Waals surface area contributed by atoms with E-state index in [0.717, 1.165) is 18.8 Å². The van der Waals surface area contributed by atoms with E-state index in [0.29, 0.717) is 17.9 Å². The van der Waals surface area contributed by atoms with Gasteiger partial charge in [-0.15, -0.1) is 0 Å². The fourth-order valence-electron chi connectivity index (χ4n) is 3.29.